The van der Waals surface area contributed by atoms with Gasteiger partial charge in [-0.3, -0.25) is 4.99 Å². The van der Waals surface area contributed by atoms with Crippen LogP contribution in [0.25, 0.3) is 0 Å². The zero-order valence-electron chi connectivity index (χ0n) is 13.4. The number of benzene rings is 1. The van der Waals surface area contributed by atoms with E-state index in [4.69, 9.17) is 4.74 Å². The van der Waals surface area contributed by atoms with Gasteiger partial charge in [0.2, 0.25) is 0 Å². The van der Waals surface area contributed by atoms with Gasteiger partial charge in [0.05, 0.1) is 6.10 Å². The lowest BCUT2D eigenvalue weighted by atomic mass is 10.1. The van der Waals surface area contributed by atoms with E-state index in [1.54, 1.807) is 14.2 Å². The number of hydrogen-bond acceptors (Lipinski definition) is 2. The first-order valence-electron chi connectivity index (χ1n) is 7.19. The van der Waals surface area contributed by atoms with Gasteiger partial charge in [-0.1, -0.05) is 44.2 Å². The Morgan fingerprint density at radius 1 is 1.19 bits per heavy atom. The zero-order valence-corrected chi connectivity index (χ0v) is 15.8. The molecule has 5 heteroatoms. The van der Waals surface area contributed by atoms with Gasteiger partial charge in [-0.25, -0.2) is 0 Å². The molecule has 0 saturated carbocycles. The molecule has 1 aromatic rings. The SMILES string of the molecule is CN=C(NCCC(C)C)NCC(OC)c1ccccc1.I. The van der Waals surface area contributed by atoms with Crippen LogP contribution in [-0.4, -0.2) is 33.2 Å². The van der Waals surface area contributed by atoms with E-state index in [-0.39, 0.29) is 30.1 Å². The van der Waals surface area contributed by atoms with Crippen LogP contribution < -0.4 is 10.6 Å². The van der Waals surface area contributed by atoms with Gasteiger partial charge in [0.15, 0.2) is 5.96 Å². The smallest absolute Gasteiger partial charge is 0.191 e. The van der Waals surface area contributed by atoms with Crippen LogP contribution >= 0.6 is 24.0 Å². The van der Waals surface area contributed by atoms with Gasteiger partial charge in [-0.2, -0.15) is 0 Å². The third kappa shape index (κ3) is 8.26. The largest absolute Gasteiger partial charge is 0.375 e. The molecule has 1 atom stereocenters. The average molecular weight is 405 g/mol. The zero-order chi connectivity index (χ0) is 14.8. The van der Waals surface area contributed by atoms with Gasteiger partial charge >= 0.3 is 0 Å². The first-order chi connectivity index (χ1) is 9.67. The Morgan fingerprint density at radius 2 is 1.86 bits per heavy atom. The lowest BCUT2D eigenvalue weighted by Gasteiger charge is -2.19. The number of hydrogen-bond donors (Lipinski definition) is 2. The second kappa shape index (κ2) is 11.8. The Labute approximate surface area is 145 Å². The molecule has 0 aliphatic heterocycles. The number of ether oxygens (including phenoxy) is 1. The van der Waals surface area contributed by atoms with E-state index in [0.29, 0.717) is 12.5 Å². The van der Waals surface area contributed by atoms with Crippen molar-refractivity contribution in [2.75, 3.05) is 27.2 Å². The second-order valence-corrected chi connectivity index (χ2v) is 5.20. The molecule has 1 aromatic carbocycles. The monoisotopic (exact) mass is 405 g/mol. The summed E-state index contributed by atoms with van der Waals surface area (Å²) in [5.74, 6) is 1.51. The molecule has 4 nitrogen and oxygen atoms in total. The number of nitrogens with zero attached hydrogens (tertiary/aromatic N) is 1. The predicted octanol–water partition coefficient (Wildman–Crippen LogP) is 3.20. The van der Waals surface area contributed by atoms with Crippen LogP contribution in [0.5, 0.6) is 0 Å². The molecule has 0 fully saturated rings. The molecular weight excluding hydrogens is 377 g/mol. The van der Waals surface area contributed by atoms with Crippen molar-refractivity contribution in [3.8, 4) is 0 Å². The molecule has 0 bridgehead atoms. The summed E-state index contributed by atoms with van der Waals surface area (Å²) in [4.78, 5) is 4.22. The number of aliphatic imine (C=N–C) groups is 1. The molecule has 0 amide bonds. The van der Waals surface area contributed by atoms with Crippen LogP contribution in [0.1, 0.15) is 31.9 Å². The van der Waals surface area contributed by atoms with Crippen molar-refractivity contribution >= 4 is 29.9 Å². The number of halogens is 1. The Balaban J connectivity index is 0.00000400. The molecule has 0 heterocycles. The topological polar surface area (TPSA) is 45.7 Å². The third-order valence-corrected chi connectivity index (χ3v) is 3.15. The van der Waals surface area contributed by atoms with Crippen molar-refractivity contribution in [3.05, 3.63) is 35.9 Å². The van der Waals surface area contributed by atoms with Crippen molar-refractivity contribution in [2.45, 2.75) is 26.4 Å². The first kappa shape index (κ1) is 20.2. The Morgan fingerprint density at radius 3 is 2.38 bits per heavy atom. The Hall–Kier alpha value is -0.820. The van der Waals surface area contributed by atoms with Crippen LogP contribution in [0.4, 0.5) is 0 Å². The van der Waals surface area contributed by atoms with E-state index in [2.05, 4.69) is 41.6 Å². The van der Waals surface area contributed by atoms with E-state index >= 15 is 0 Å². The van der Waals surface area contributed by atoms with Crippen molar-refractivity contribution in [3.63, 3.8) is 0 Å². The highest BCUT2D eigenvalue weighted by Gasteiger charge is 2.10. The number of nitrogens with one attached hydrogen (secondary N) is 2. The number of guanidine groups is 1. The molecule has 1 rings (SSSR count). The van der Waals surface area contributed by atoms with Gasteiger partial charge in [0, 0.05) is 27.2 Å². The van der Waals surface area contributed by atoms with Crippen molar-refractivity contribution in [1.29, 1.82) is 0 Å². The molecule has 0 aliphatic carbocycles. The lowest BCUT2D eigenvalue weighted by Crippen LogP contribution is -2.40. The molecule has 0 aromatic heterocycles. The van der Waals surface area contributed by atoms with E-state index in [1.807, 2.05) is 18.2 Å². The molecule has 2 N–H and O–H groups in total. The highest BCUT2D eigenvalue weighted by atomic mass is 127. The summed E-state index contributed by atoms with van der Waals surface area (Å²) in [5.41, 5.74) is 1.17. The molecule has 0 spiro atoms. The van der Waals surface area contributed by atoms with Crippen LogP contribution in [0, 0.1) is 5.92 Å². The van der Waals surface area contributed by atoms with E-state index in [9.17, 15) is 0 Å². The maximum atomic E-state index is 5.53. The maximum Gasteiger partial charge on any atom is 0.191 e. The number of rotatable bonds is 7. The fourth-order valence-corrected chi connectivity index (χ4v) is 1.89. The predicted molar refractivity (Wildman–Crippen MR) is 100 cm³/mol. The summed E-state index contributed by atoms with van der Waals surface area (Å²) in [6, 6.07) is 10.2. The minimum atomic E-state index is 0. The highest BCUT2D eigenvalue weighted by Crippen LogP contribution is 2.14. The molecule has 0 aliphatic rings. The number of methoxy groups -OCH3 is 1. The minimum absolute atomic E-state index is 0. The summed E-state index contributed by atoms with van der Waals surface area (Å²) < 4.78 is 5.53. The van der Waals surface area contributed by atoms with Crippen LogP contribution in [-0.2, 0) is 4.74 Å². The standard InChI is InChI=1S/C16H27N3O.HI/c1-13(2)10-11-18-16(17-3)19-12-15(20-4)14-8-6-5-7-9-14;/h5-9,13,15H,10-12H2,1-4H3,(H2,17,18,19);1H. The van der Waals surface area contributed by atoms with Crippen LogP contribution in [0.2, 0.25) is 0 Å². The van der Waals surface area contributed by atoms with E-state index < -0.39 is 0 Å². The Bertz CT molecular complexity index is 396. The fourth-order valence-electron chi connectivity index (χ4n) is 1.89. The van der Waals surface area contributed by atoms with Crippen molar-refractivity contribution in [2.24, 2.45) is 10.9 Å². The van der Waals surface area contributed by atoms with Crippen molar-refractivity contribution in [1.82, 2.24) is 10.6 Å². The third-order valence-electron chi connectivity index (χ3n) is 3.15. The van der Waals surface area contributed by atoms with E-state index in [1.165, 1.54) is 5.56 Å². The summed E-state index contributed by atoms with van der Waals surface area (Å²) in [6.45, 7) is 6.06. The van der Waals surface area contributed by atoms with E-state index in [0.717, 1.165) is 18.9 Å². The molecule has 21 heavy (non-hydrogen) atoms. The minimum Gasteiger partial charge on any atom is -0.375 e. The van der Waals surface area contributed by atoms with Crippen LogP contribution in [0.15, 0.2) is 35.3 Å². The van der Waals surface area contributed by atoms with Gasteiger partial charge < -0.3 is 15.4 Å². The average Bonchev–Trinajstić information content (AvgIpc) is 2.46. The first-order valence-corrected chi connectivity index (χ1v) is 7.19. The summed E-state index contributed by atoms with van der Waals surface area (Å²) in [7, 11) is 3.52. The second-order valence-electron chi connectivity index (χ2n) is 5.20. The van der Waals surface area contributed by atoms with Crippen LogP contribution in [0.3, 0.4) is 0 Å². The van der Waals surface area contributed by atoms with Gasteiger partial charge in [-0.05, 0) is 17.9 Å². The van der Waals surface area contributed by atoms with Crippen molar-refractivity contribution < 1.29 is 4.74 Å². The van der Waals surface area contributed by atoms with Gasteiger partial charge in [-0.15, -0.1) is 24.0 Å². The molecule has 0 saturated heterocycles. The summed E-state index contributed by atoms with van der Waals surface area (Å²) in [5, 5.41) is 6.62. The molecule has 120 valence electrons. The molecule has 0 radical (unpaired) electrons. The lowest BCUT2D eigenvalue weighted by molar-refractivity contribution is 0.106. The van der Waals surface area contributed by atoms with Gasteiger partial charge in [0.1, 0.15) is 0 Å². The molecular formula is C16H28IN3O. The highest BCUT2D eigenvalue weighted by molar-refractivity contribution is 14.0. The van der Waals surface area contributed by atoms with Gasteiger partial charge in [0.25, 0.3) is 0 Å². The maximum absolute atomic E-state index is 5.53. The summed E-state index contributed by atoms with van der Waals surface area (Å²) >= 11 is 0. The summed E-state index contributed by atoms with van der Waals surface area (Å²) in [6.07, 6.45) is 1.16. The Kier molecular flexibility index (Phi) is 11.3. The normalized spacial score (nSPS) is 12.7. The molecule has 1 unspecified atom stereocenters. The quantitative estimate of drug-likeness (QED) is 0.416. The fraction of sp³-hybridized carbons (Fsp3) is 0.562.